The maximum absolute atomic E-state index is 8.75. The zero-order valence-corrected chi connectivity index (χ0v) is 23.2. The van der Waals surface area contributed by atoms with Gasteiger partial charge in [-0.15, -0.1) is 0 Å². The molecule has 1 heteroatoms. The largest absolute Gasteiger partial charge is 0.456 e. The summed E-state index contributed by atoms with van der Waals surface area (Å²) < 4.78 is 32.1. The Balaban J connectivity index is 1.41. The van der Waals surface area contributed by atoms with Crippen LogP contribution in [0, 0.1) is 0 Å². The highest BCUT2D eigenvalue weighted by atomic mass is 16.3. The highest BCUT2D eigenvalue weighted by molar-refractivity contribution is 6.26. The molecule has 1 heterocycles. The summed E-state index contributed by atoms with van der Waals surface area (Å²) in [7, 11) is 0. The molecule has 0 radical (unpaired) electrons. The zero-order chi connectivity index (χ0) is 30.9. The van der Waals surface area contributed by atoms with Crippen LogP contribution in [0.3, 0.4) is 0 Å². The lowest BCUT2D eigenvalue weighted by molar-refractivity contribution is 0.669. The summed E-state index contributed by atoms with van der Waals surface area (Å²) in [4.78, 5) is 0. The third-order valence-corrected chi connectivity index (χ3v) is 8.63. The fraction of sp³-hybridized carbons (Fsp3) is 0. The van der Waals surface area contributed by atoms with Crippen molar-refractivity contribution < 1.29 is 8.53 Å². The van der Waals surface area contributed by atoms with Crippen LogP contribution in [0.1, 0.15) is 4.11 Å². The average molecular weight is 550 g/mol. The van der Waals surface area contributed by atoms with Gasteiger partial charge in [-0.25, -0.2) is 0 Å². The minimum Gasteiger partial charge on any atom is -0.456 e. The van der Waals surface area contributed by atoms with Crippen LogP contribution in [0.4, 0.5) is 0 Å². The normalized spacial score (nSPS) is 12.7. The molecule has 8 aromatic carbocycles. The molecule has 0 aliphatic heterocycles. The van der Waals surface area contributed by atoms with E-state index in [2.05, 4.69) is 109 Å². The lowest BCUT2D eigenvalue weighted by atomic mass is 9.83. The lowest BCUT2D eigenvalue weighted by Gasteiger charge is -2.20. The maximum atomic E-state index is 8.75. The highest BCUT2D eigenvalue weighted by Gasteiger charge is 2.21. The summed E-state index contributed by atoms with van der Waals surface area (Å²) in [6.45, 7) is 0. The van der Waals surface area contributed by atoms with Crippen molar-refractivity contribution in [3.05, 3.63) is 158 Å². The number of benzene rings is 8. The average Bonchev–Trinajstić information content (AvgIpc) is 3.43. The summed E-state index contributed by atoms with van der Waals surface area (Å²) >= 11 is 0. The van der Waals surface area contributed by atoms with Gasteiger partial charge in [-0.2, -0.15) is 0 Å². The fourth-order valence-electron chi connectivity index (χ4n) is 6.81. The molecule has 9 rings (SSSR count). The second-order valence-electron chi connectivity index (χ2n) is 11.0. The summed E-state index contributed by atoms with van der Waals surface area (Å²) in [5.41, 5.74) is 7.36. The van der Waals surface area contributed by atoms with E-state index in [0.29, 0.717) is 5.56 Å². The van der Waals surface area contributed by atoms with Crippen LogP contribution in [0.25, 0.3) is 87.6 Å². The molecule has 0 spiro atoms. The summed E-state index contributed by atoms with van der Waals surface area (Å²) in [5.74, 6) is 0. The molecular formula is C42H26O. The van der Waals surface area contributed by atoms with E-state index >= 15 is 0 Å². The van der Waals surface area contributed by atoms with Crippen molar-refractivity contribution in [2.45, 2.75) is 0 Å². The Morgan fingerprint density at radius 1 is 0.419 bits per heavy atom. The molecule has 0 N–H and O–H groups in total. The molecule has 0 atom stereocenters. The van der Waals surface area contributed by atoms with Crippen molar-refractivity contribution in [1.82, 2.24) is 0 Å². The third-order valence-electron chi connectivity index (χ3n) is 8.63. The number of fused-ring (bicyclic) bond motifs is 6. The smallest absolute Gasteiger partial charge is 0.136 e. The Hall–Kier alpha value is -5.66. The van der Waals surface area contributed by atoms with Crippen LogP contribution in [0.5, 0.6) is 0 Å². The molecule has 0 amide bonds. The highest BCUT2D eigenvalue weighted by Crippen LogP contribution is 2.48. The van der Waals surface area contributed by atoms with Crippen molar-refractivity contribution in [2.75, 3.05) is 0 Å². The summed E-state index contributed by atoms with van der Waals surface area (Å²) in [6.07, 6.45) is 0. The number of hydrogen-bond acceptors (Lipinski definition) is 1. The molecule has 9 aromatic rings. The SMILES string of the molecule is [2H]c1cc([2H])c(-c2ccccc2-c2c3ccccc3c(-c3cccc4oc5cc6ccccc6cc5c34)c3ccccc23)c([2H])c1. The topological polar surface area (TPSA) is 13.1 Å². The molecule has 0 unspecified atom stereocenters. The van der Waals surface area contributed by atoms with E-state index in [1.54, 1.807) is 0 Å². The Kier molecular flexibility index (Phi) is 4.63. The Labute approximate surface area is 253 Å². The van der Waals surface area contributed by atoms with Gasteiger partial charge in [-0.1, -0.05) is 139 Å². The van der Waals surface area contributed by atoms with Crippen LogP contribution in [-0.2, 0) is 0 Å². The molecule has 0 aliphatic carbocycles. The quantitative estimate of drug-likeness (QED) is 0.200. The first-order valence-electron chi connectivity index (χ1n) is 16.0. The van der Waals surface area contributed by atoms with Crippen molar-refractivity contribution in [2.24, 2.45) is 0 Å². The van der Waals surface area contributed by atoms with E-state index in [1.165, 1.54) is 17.5 Å². The van der Waals surface area contributed by atoms with Gasteiger partial charge in [0.15, 0.2) is 0 Å². The molecule has 1 nitrogen and oxygen atoms in total. The van der Waals surface area contributed by atoms with Crippen LogP contribution in [0.15, 0.2) is 162 Å². The predicted molar refractivity (Wildman–Crippen MR) is 183 cm³/mol. The van der Waals surface area contributed by atoms with Gasteiger partial charge in [-0.05, 0) is 83.9 Å². The minimum absolute atomic E-state index is 0.172. The molecule has 0 bridgehead atoms. The third kappa shape index (κ3) is 3.65. The van der Waals surface area contributed by atoms with Crippen LogP contribution in [-0.4, -0.2) is 0 Å². The molecule has 0 fully saturated rings. The van der Waals surface area contributed by atoms with E-state index in [0.717, 1.165) is 76.7 Å². The van der Waals surface area contributed by atoms with Gasteiger partial charge in [0, 0.05) is 10.8 Å². The second kappa shape index (κ2) is 9.44. The van der Waals surface area contributed by atoms with Gasteiger partial charge in [0.25, 0.3) is 0 Å². The number of rotatable bonds is 3. The molecule has 0 saturated heterocycles. The molecular weight excluding hydrogens is 520 g/mol. The van der Waals surface area contributed by atoms with Gasteiger partial charge in [0.1, 0.15) is 11.2 Å². The van der Waals surface area contributed by atoms with E-state index in [9.17, 15) is 0 Å². The first-order valence-corrected chi connectivity index (χ1v) is 14.5. The van der Waals surface area contributed by atoms with Gasteiger partial charge in [0.2, 0.25) is 0 Å². The van der Waals surface area contributed by atoms with Crippen molar-refractivity contribution in [1.29, 1.82) is 0 Å². The summed E-state index contributed by atoms with van der Waals surface area (Å²) in [5, 5.41) is 8.94. The Morgan fingerprint density at radius 3 is 1.63 bits per heavy atom. The monoisotopic (exact) mass is 549 g/mol. The maximum Gasteiger partial charge on any atom is 0.136 e. The molecule has 0 saturated carbocycles. The first-order chi connectivity index (χ1) is 22.6. The van der Waals surface area contributed by atoms with Gasteiger partial charge in [-0.3, -0.25) is 0 Å². The van der Waals surface area contributed by atoms with Crippen molar-refractivity contribution in [3.63, 3.8) is 0 Å². The van der Waals surface area contributed by atoms with E-state index in [1.807, 2.05) is 18.2 Å². The first kappa shape index (κ1) is 21.1. The number of hydrogen-bond donors (Lipinski definition) is 0. The summed E-state index contributed by atoms with van der Waals surface area (Å²) in [6, 6.07) is 47.8. The van der Waals surface area contributed by atoms with Crippen LogP contribution < -0.4 is 0 Å². The fourth-order valence-corrected chi connectivity index (χ4v) is 6.81. The van der Waals surface area contributed by atoms with Gasteiger partial charge in [0.05, 0.1) is 4.11 Å². The molecule has 200 valence electrons. The van der Waals surface area contributed by atoms with Gasteiger partial charge < -0.3 is 4.42 Å². The second-order valence-corrected chi connectivity index (χ2v) is 11.0. The number of furan rings is 1. The van der Waals surface area contributed by atoms with Crippen LogP contribution in [0.2, 0.25) is 0 Å². The standard InChI is InChI=1S/C42H26O/c1-2-13-27(14-3-1)30-17-6-7-18-31(30)40-32-19-8-10-21-34(32)41(35-22-11-9-20-33(35)40)36-23-12-24-38-42(36)37-25-28-15-4-5-16-29(28)26-39(37)43-38/h1-26H/i1D,13D,14D. The Morgan fingerprint density at radius 2 is 0.953 bits per heavy atom. The Bertz CT molecular complexity index is 2600. The molecule has 1 aromatic heterocycles. The lowest BCUT2D eigenvalue weighted by Crippen LogP contribution is -1.93. The van der Waals surface area contributed by atoms with E-state index in [-0.39, 0.29) is 18.1 Å². The van der Waals surface area contributed by atoms with E-state index < -0.39 is 0 Å². The molecule has 0 aliphatic rings. The van der Waals surface area contributed by atoms with Crippen molar-refractivity contribution in [3.8, 4) is 33.4 Å². The van der Waals surface area contributed by atoms with Gasteiger partial charge >= 0.3 is 0 Å². The molecule has 43 heavy (non-hydrogen) atoms. The predicted octanol–water partition coefficient (Wildman–Crippen LogP) is 12.0. The van der Waals surface area contributed by atoms with Crippen molar-refractivity contribution >= 4 is 54.3 Å². The van der Waals surface area contributed by atoms with E-state index in [4.69, 9.17) is 8.53 Å². The minimum atomic E-state index is 0.172. The zero-order valence-electron chi connectivity index (χ0n) is 26.2. The van der Waals surface area contributed by atoms with Crippen LogP contribution >= 0.6 is 0 Å².